The van der Waals surface area contributed by atoms with Crippen molar-refractivity contribution in [3.63, 3.8) is 0 Å². The molecule has 3 N–H and O–H groups in total. The van der Waals surface area contributed by atoms with Crippen molar-refractivity contribution in [2.24, 2.45) is 0 Å². The second kappa shape index (κ2) is 13.1. The molecule has 42 heavy (non-hydrogen) atoms. The Balaban J connectivity index is 1.35. The Morgan fingerprint density at radius 3 is 2.52 bits per heavy atom. The van der Waals surface area contributed by atoms with Gasteiger partial charge in [-0.3, -0.25) is 4.79 Å². The number of benzene rings is 3. The van der Waals surface area contributed by atoms with Gasteiger partial charge in [-0.05, 0) is 80.6 Å². The van der Waals surface area contributed by atoms with Crippen LogP contribution in [-0.4, -0.2) is 55.1 Å². The third-order valence-corrected chi connectivity index (χ3v) is 10.6. The number of sulfonamides is 1. The second-order valence-corrected chi connectivity index (χ2v) is 13.6. The zero-order valence-corrected chi connectivity index (χ0v) is 24.9. The highest BCUT2D eigenvalue weighted by Crippen LogP contribution is 2.35. The van der Waals surface area contributed by atoms with Crippen LogP contribution in [-0.2, 0) is 27.7 Å². The van der Waals surface area contributed by atoms with E-state index in [2.05, 4.69) is 16.0 Å². The summed E-state index contributed by atoms with van der Waals surface area (Å²) in [5, 5.41) is 9.52. The molecule has 5 rings (SSSR count). The van der Waals surface area contributed by atoms with Crippen LogP contribution in [0.15, 0.2) is 66.7 Å². The lowest BCUT2D eigenvalue weighted by molar-refractivity contribution is -0.116. The molecule has 3 aromatic carbocycles. The molecule has 3 atom stereocenters. The van der Waals surface area contributed by atoms with Gasteiger partial charge in [0, 0.05) is 53.6 Å². The molecule has 11 heteroatoms. The standard InChI is InChI=1S/C31H35ClF2N4O3S/c1-20-18-35-19-25(38(20)42(40,41)26-13-14-26)12-15-27-28(34)6-3-7-29(27)37-31(39)30(16-21-8-10-22(32)11-9-21)36-24-5-2-4-23(33)17-24/h2-11,17,20,25-26,30,35-36H,12-16,18-19H2,1H3,(H,37,39)/t20-,25-,30-/m0/s1. The number of anilines is 2. The van der Waals surface area contributed by atoms with Crippen molar-refractivity contribution in [2.75, 3.05) is 23.7 Å². The minimum Gasteiger partial charge on any atom is -0.373 e. The molecule has 1 aliphatic carbocycles. The zero-order valence-electron chi connectivity index (χ0n) is 23.3. The Morgan fingerprint density at radius 1 is 1.07 bits per heavy atom. The van der Waals surface area contributed by atoms with Crippen LogP contribution in [0, 0.1) is 11.6 Å². The SMILES string of the molecule is C[C@H]1CNC[C@H](CCc2c(F)cccc2NC(=O)[C@H](Cc2ccc(Cl)cc2)Nc2cccc(F)c2)N1S(=O)(=O)C1CC1. The lowest BCUT2D eigenvalue weighted by Crippen LogP contribution is -2.59. The van der Waals surface area contributed by atoms with Gasteiger partial charge < -0.3 is 16.0 Å². The second-order valence-electron chi connectivity index (χ2n) is 11.1. The number of piperazine rings is 1. The van der Waals surface area contributed by atoms with E-state index in [1.54, 1.807) is 34.6 Å². The predicted octanol–water partition coefficient (Wildman–Crippen LogP) is 5.37. The number of nitrogens with zero attached hydrogens (tertiary/aromatic N) is 1. The third kappa shape index (κ3) is 7.29. The molecule has 1 saturated carbocycles. The summed E-state index contributed by atoms with van der Waals surface area (Å²) in [4.78, 5) is 13.6. The monoisotopic (exact) mass is 616 g/mol. The minimum absolute atomic E-state index is 0.198. The molecule has 1 saturated heterocycles. The van der Waals surface area contributed by atoms with Crippen LogP contribution in [0.4, 0.5) is 20.2 Å². The van der Waals surface area contributed by atoms with Crippen LogP contribution < -0.4 is 16.0 Å². The van der Waals surface area contributed by atoms with E-state index >= 15 is 4.39 Å². The molecule has 0 unspecified atom stereocenters. The molecule has 2 fully saturated rings. The lowest BCUT2D eigenvalue weighted by Gasteiger charge is -2.40. The van der Waals surface area contributed by atoms with E-state index in [4.69, 9.17) is 11.6 Å². The Kier molecular flexibility index (Phi) is 9.47. The molecule has 1 aliphatic heterocycles. The zero-order chi connectivity index (χ0) is 29.9. The van der Waals surface area contributed by atoms with Gasteiger partial charge in [0.2, 0.25) is 15.9 Å². The Labute approximate surface area is 250 Å². The van der Waals surface area contributed by atoms with Gasteiger partial charge in [0.05, 0.1) is 5.25 Å². The summed E-state index contributed by atoms with van der Waals surface area (Å²) < 4.78 is 57.1. The van der Waals surface area contributed by atoms with Gasteiger partial charge in [-0.15, -0.1) is 0 Å². The van der Waals surface area contributed by atoms with Crippen LogP contribution in [0.1, 0.15) is 37.3 Å². The smallest absolute Gasteiger partial charge is 0.247 e. The molecule has 224 valence electrons. The maximum Gasteiger partial charge on any atom is 0.247 e. The van der Waals surface area contributed by atoms with E-state index < -0.39 is 33.6 Å². The Bertz CT molecular complexity index is 1520. The van der Waals surface area contributed by atoms with Gasteiger partial charge in [-0.1, -0.05) is 35.9 Å². The van der Waals surface area contributed by atoms with E-state index in [-0.39, 0.29) is 30.2 Å². The Morgan fingerprint density at radius 2 is 1.81 bits per heavy atom. The summed E-state index contributed by atoms with van der Waals surface area (Å²) in [7, 11) is -3.42. The highest BCUT2D eigenvalue weighted by molar-refractivity contribution is 7.90. The largest absolute Gasteiger partial charge is 0.373 e. The van der Waals surface area contributed by atoms with Gasteiger partial charge in [0.15, 0.2) is 0 Å². The van der Waals surface area contributed by atoms with Gasteiger partial charge in [-0.2, -0.15) is 4.31 Å². The first-order valence-corrected chi connectivity index (χ1v) is 16.1. The first-order chi connectivity index (χ1) is 20.1. The van der Waals surface area contributed by atoms with Crippen molar-refractivity contribution in [1.29, 1.82) is 0 Å². The number of carbonyl (C=O) groups excluding carboxylic acids is 1. The normalized spacial score (nSPS) is 20.2. The highest BCUT2D eigenvalue weighted by Gasteiger charge is 2.45. The summed E-state index contributed by atoms with van der Waals surface area (Å²) in [6, 6.07) is 16.1. The number of rotatable bonds is 11. The number of amides is 1. The number of hydrogen-bond acceptors (Lipinski definition) is 5. The molecule has 0 spiro atoms. The number of carbonyl (C=O) groups is 1. The van der Waals surface area contributed by atoms with E-state index in [0.717, 1.165) is 5.56 Å². The molecule has 1 amide bonds. The number of halogens is 3. The molecular weight excluding hydrogens is 582 g/mol. The number of hydrogen-bond donors (Lipinski definition) is 3. The molecule has 0 aromatic heterocycles. The van der Waals surface area contributed by atoms with Crippen LogP contribution >= 0.6 is 11.6 Å². The van der Waals surface area contributed by atoms with Gasteiger partial charge >= 0.3 is 0 Å². The van der Waals surface area contributed by atoms with Crippen LogP contribution in [0.5, 0.6) is 0 Å². The Hall–Kier alpha value is -3.05. The number of nitrogens with one attached hydrogen (secondary N) is 3. The van der Waals surface area contributed by atoms with Gasteiger partial charge in [-0.25, -0.2) is 17.2 Å². The molecule has 7 nitrogen and oxygen atoms in total. The van der Waals surface area contributed by atoms with Crippen molar-refractivity contribution in [3.8, 4) is 0 Å². The van der Waals surface area contributed by atoms with Crippen molar-refractivity contribution < 1.29 is 22.0 Å². The maximum absolute atomic E-state index is 15.2. The molecule has 0 radical (unpaired) electrons. The van der Waals surface area contributed by atoms with Gasteiger partial charge in [0.25, 0.3) is 0 Å². The fourth-order valence-corrected chi connectivity index (χ4v) is 7.90. The van der Waals surface area contributed by atoms with Crippen molar-refractivity contribution in [1.82, 2.24) is 9.62 Å². The highest BCUT2D eigenvalue weighted by atomic mass is 35.5. The van der Waals surface area contributed by atoms with Crippen LogP contribution in [0.25, 0.3) is 0 Å². The summed E-state index contributed by atoms with van der Waals surface area (Å²) in [5.41, 5.74) is 1.89. The molecular formula is C31H35ClF2N4O3S. The fraction of sp³-hybridized carbons (Fsp3) is 0.387. The van der Waals surface area contributed by atoms with E-state index in [1.807, 2.05) is 19.1 Å². The summed E-state index contributed by atoms with van der Waals surface area (Å²) >= 11 is 6.03. The first-order valence-electron chi connectivity index (χ1n) is 14.2. The quantitative estimate of drug-likeness (QED) is 0.270. The molecule has 1 heterocycles. The lowest BCUT2D eigenvalue weighted by atomic mass is 10.00. The third-order valence-electron chi connectivity index (χ3n) is 7.79. The van der Waals surface area contributed by atoms with Gasteiger partial charge in [0.1, 0.15) is 17.7 Å². The molecule has 0 bridgehead atoms. The van der Waals surface area contributed by atoms with Crippen molar-refractivity contribution in [3.05, 3.63) is 94.5 Å². The van der Waals surface area contributed by atoms with Crippen molar-refractivity contribution in [2.45, 2.75) is 62.4 Å². The van der Waals surface area contributed by atoms with E-state index in [1.165, 1.54) is 24.3 Å². The summed E-state index contributed by atoms with van der Waals surface area (Å²) in [5.74, 6) is -1.34. The topological polar surface area (TPSA) is 90.5 Å². The average Bonchev–Trinajstić information content (AvgIpc) is 3.80. The van der Waals surface area contributed by atoms with Crippen molar-refractivity contribution >= 4 is 38.9 Å². The summed E-state index contributed by atoms with van der Waals surface area (Å²) in [6.07, 6.45) is 2.25. The minimum atomic E-state index is -3.42. The first kappa shape index (κ1) is 30.4. The molecule has 2 aliphatic rings. The van der Waals surface area contributed by atoms with Crippen LogP contribution in [0.3, 0.4) is 0 Å². The fourth-order valence-electron chi connectivity index (χ4n) is 5.53. The van der Waals surface area contributed by atoms with Crippen LogP contribution in [0.2, 0.25) is 5.02 Å². The average molecular weight is 617 g/mol. The van der Waals surface area contributed by atoms with E-state index in [0.29, 0.717) is 54.3 Å². The maximum atomic E-state index is 15.2. The predicted molar refractivity (Wildman–Crippen MR) is 162 cm³/mol. The molecule has 3 aromatic rings. The van der Waals surface area contributed by atoms with E-state index in [9.17, 15) is 17.6 Å². The summed E-state index contributed by atoms with van der Waals surface area (Å²) in [6.45, 7) is 2.93.